The molecule has 0 aliphatic rings. The third-order valence-corrected chi connectivity index (χ3v) is 2.16. The number of hydrogen-bond acceptors (Lipinski definition) is 3. The van der Waals surface area contributed by atoms with Crippen molar-refractivity contribution in [3.63, 3.8) is 0 Å². The number of aryl methyl sites for hydroxylation is 1. The molecule has 54 valence electrons. The lowest BCUT2D eigenvalue weighted by molar-refractivity contribution is 0.761. The molecule has 0 unspecified atom stereocenters. The van der Waals surface area contributed by atoms with Crippen molar-refractivity contribution in [1.82, 2.24) is 5.43 Å². The Hall–Kier alpha value is -0.830. The van der Waals surface area contributed by atoms with Crippen molar-refractivity contribution >= 4 is 18.1 Å². The van der Waals surface area contributed by atoms with Crippen LogP contribution in [-0.2, 0) is 6.54 Å². The number of hydrazone groups is 1. The van der Waals surface area contributed by atoms with E-state index in [1.54, 1.807) is 11.3 Å². The van der Waals surface area contributed by atoms with Crippen molar-refractivity contribution < 1.29 is 0 Å². The zero-order valence-corrected chi connectivity index (χ0v) is 6.74. The van der Waals surface area contributed by atoms with Gasteiger partial charge < -0.3 is 5.43 Å². The minimum absolute atomic E-state index is 0.794. The average molecular weight is 154 g/mol. The molecule has 1 heterocycles. The van der Waals surface area contributed by atoms with Crippen LogP contribution in [0.15, 0.2) is 17.2 Å². The third kappa shape index (κ3) is 1.84. The van der Waals surface area contributed by atoms with E-state index in [2.05, 4.69) is 36.3 Å². The monoisotopic (exact) mass is 154 g/mol. The fourth-order valence-electron chi connectivity index (χ4n) is 0.714. The molecule has 1 rings (SSSR count). The van der Waals surface area contributed by atoms with E-state index in [4.69, 9.17) is 0 Å². The smallest absolute Gasteiger partial charge is 0.0672 e. The van der Waals surface area contributed by atoms with Gasteiger partial charge in [0.25, 0.3) is 0 Å². The van der Waals surface area contributed by atoms with E-state index in [0.29, 0.717) is 0 Å². The van der Waals surface area contributed by atoms with Crippen LogP contribution in [0.1, 0.15) is 9.75 Å². The minimum Gasteiger partial charge on any atom is -0.305 e. The van der Waals surface area contributed by atoms with E-state index >= 15 is 0 Å². The summed E-state index contributed by atoms with van der Waals surface area (Å²) in [5.74, 6) is 0. The highest BCUT2D eigenvalue weighted by Crippen LogP contribution is 2.13. The second-order valence-corrected chi connectivity index (χ2v) is 3.38. The first-order chi connectivity index (χ1) is 4.83. The molecule has 0 atom stereocenters. The lowest BCUT2D eigenvalue weighted by Crippen LogP contribution is -2.01. The van der Waals surface area contributed by atoms with E-state index in [0.717, 1.165) is 6.54 Å². The van der Waals surface area contributed by atoms with Crippen LogP contribution in [-0.4, -0.2) is 6.72 Å². The fourth-order valence-corrected chi connectivity index (χ4v) is 1.54. The maximum Gasteiger partial charge on any atom is 0.0672 e. The number of nitrogens with zero attached hydrogens (tertiary/aromatic N) is 1. The van der Waals surface area contributed by atoms with Gasteiger partial charge in [-0.3, -0.25) is 0 Å². The van der Waals surface area contributed by atoms with Gasteiger partial charge in [0.05, 0.1) is 6.54 Å². The number of rotatable bonds is 3. The van der Waals surface area contributed by atoms with Crippen molar-refractivity contribution in [3.8, 4) is 0 Å². The Labute approximate surface area is 64.6 Å². The molecule has 1 aromatic heterocycles. The van der Waals surface area contributed by atoms with Gasteiger partial charge >= 0.3 is 0 Å². The minimum atomic E-state index is 0.794. The molecule has 0 bridgehead atoms. The maximum atomic E-state index is 3.55. The largest absolute Gasteiger partial charge is 0.305 e. The molecular weight excluding hydrogens is 144 g/mol. The topological polar surface area (TPSA) is 24.4 Å². The lowest BCUT2D eigenvalue weighted by atomic mass is 10.4. The summed E-state index contributed by atoms with van der Waals surface area (Å²) in [5.41, 5.74) is 2.80. The lowest BCUT2D eigenvalue weighted by Gasteiger charge is -1.92. The van der Waals surface area contributed by atoms with Crippen molar-refractivity contribution in [2.45, 2.75) is 13.5 Å². The Bertz CT molecular complexity index is 217. The van der Waals surface area contributed by atoms with E-state index in [1.807, 2.05) is 0 Å². The summed E-state index contributed by atoms with van der Waals surface area (Å²) in [6.07, 6.45) is 0. The van der Waals surface area contributed by atoms with Gasteiger partial charge in [0, 0.05) is 16.5 Å². The molecule has 0 radical (unpaired) electrons. The molecule has 0 aliphatic carbocycles. The molecule has 0 fully saturated rings. The quantitative estimate of drug-likeness (QED) is 0.520. The first-order valence-corrected chi connectivity index (χ1v) is 3.88. The molecule has 10 heavy (non-hydrogen) atoms. The molecule has 1 N–H and O–H groups in total. The molecule has 0 saturated heterocycles. The van der Waals surface area contributed by atoms with E-state index in [9.17, 15) is 0 Å². The van der Waals surface area contributed by atoms with Crippen molar-refractivity contribution in [2.75, 3.05) is 0 Å². The second-order valence-electron chi connectivity index (χ2n) is 2.01. The molecule has 0 amide bonds. The van der Waals surface area contributed by atoms with E-state index in [-0.39, 0.29) is 0 Å². The van der Waals surface area contributed by atoms with Gasteiger partial charge in [0.1, 0.15) is 0 Å². The fraction of sp³-hybridized carbons (Fsp3) is 0.286. The predicted molar refractivity (Wildman–Crippen MR) is 45.4 cm³/mol. The van der Waals surface area contributed by atoms with Crippen LogP contribution >= 0.6 is 11.3 Å². The first kappa shape index (κ1) is 7.28. The number of hydrogen-bond donors (Lipinski definition) is 1. The van der Waals surface area contributed by atoms with Crippen LogP contribution in [0, 0.1) is 6.92 Å². The third-order valence-electron chi connectivity index (χ3n) is 1.16. The van der Waals surface area contributed by atoms with Crippen LogP contribution in [0.4, 0.5) is 0 Å². The maximum absolute atomic E-state index is 3.55. The first-order valence-electron chi connectivity index (χ1n) is 3.07. The second kappa shape index (κ2) is 3.37. The Morgan fingerprint density at radius 2 is 2.50 bits per heavy atom. The van der Waals surface area contributed by atoms with Crippen molar-refractivity contribution in [2.24, 2.45) is 5.10 Å². The van der Waals surface area contributed by atoms with E-state index < -0.39 is 0 Å². The van der Waals surface area contributed by atoms with Gasteiger partial charge in [-0.05, 0) is 19.1 Å². The van der Waals surface area contributed by atoms with Crippen LogP contribution in [0.3, 0.4) is 0 Å². The summed E-state index contributed by atoms with van der Waals surface area (Å²) >= 11 is 1.78. The number of thiophene rings is 1. The van der Waals surface area contributed by atoms with Gasteiger partial charge in [-0.1, -0.05) is 0 Å². The molecule has 3 heteroatoms. The van der Waals surface area contributed by atoms with Crippen LogP contribution in [0.25, 0.3) is 0 Å². The highest BCUT2D eigenvalue weighted by atomic mass is 32.1. The molecule has 0 aromatic carbocycles. The van der Waals surface area contributed by atoms with Gasteiger partial charge in [-0.25, -0.2) is 0 Å². The summed E-state index contributed by atoms with van der Waals surface area (Å²) < 4.78 is 0. The van der Waals surface area contributed by atoms with Crippen molar-refractivity contribution in [3.05, 3.63) is 21.9 Å². The summed E-state index contributed by atoms with van der Waals surface area (Å²) in [4.78, 5) is 2.63. The van der Waals surface area contributed by atoms with Gasteiger partial charge in [-0.15, -0.1) is 11.3 Å². The van der Waals surface area contributed by atoms with Gasteiger partial charge in [0.15, 0.2) is 0 Å². The highest BCUT2D eigenvalue weighted by Gasteiger charge is 1.92. The summed E-state index contributed by atoms with van der Waals surface area (Å²) in [5, 5.41) is 3.55. The summed E-state index contributed by atoms with van der Waals surface area (Å²) in [7, 11) is 0. The molecule has 2 nitrogen and oxygen atoms in total. The molecule has 0 saturated carbocycles. The zero-order chi connectivity index (χ0) is 7.40. The summed E-state index contributed by atoms with van der Waals surface area (Å²) in [6.45, 7) is 6.21. The Kier molecular flexibility index (Phi) is 2.45. The van der Waals surface area contributed by atoms with E-state index in [1.165, 1.54) is 9.75 Å². The SMILES string of the molecule is C=NNCc1ccc(C)s1. The molecule has 0 aliphatic heterocycles. The van der Waals surface area contributed by atoms with Gasteiger partial charge in [0.2, 0.25) is 0 Å². The van der Waals surface area contributed by atoms with Crippen molar-refractivity contribution in [1.29, 1.82) is 0 Å². The molecule has 0 spiro atoms. The Balaban J connectivity index is 2.49. The standard InChI is InChI=1S/C7H10N2S/c1-6-3-4-7(10-6)5-9-8-2/h3-4,9H,2,5H2,1H3. The molecule has 1 aromatic rings. The summed E-state index contributed by atoms with van der Waals surface area (Å²) in [6, 6.07) is 4.20. The normalized spacial score (nSPS) is 9.30. The van der Waals surface area contributed by atoms with Crippen LogP contribution in [0.2, 0.25) is 0 Å². The average Bonchev–Trinajstić information content (AvgIpc) is 2.31. The zero-order valence-electron chi connectivity index (χ0n) is 5.92. The molecular formula is C7H10N2S. The predicted octanol–water partition coefficient (Wildman–Crippen LogP) is 1.76. The van der Waals surface area contributed by atoms with Crippen LogP contribution in [0.5, 0.6) is 0 Å². The number of nitrogens with one attached hydrogen (secondary N) is 1. The Morgan fingerprint density at radius 1 is 1.70 bits per heavy atom. The van der Waals surface area contributed by atoms with Gasteiger partial charge in [-0.2, -0.15) is 5.10 Å². The van der Waals surface area contributed by atoms with Crippen LogP contribution < -0.4 is 5.43 Å². The Morgan fingerprint density at radius 3 is 3.00 bits per heavy atom. The highest BCUT2D eigenvalue weighted by molar-refractivity contribution is 7.11.